The summed E-state index contributed by atoms with van der Waals surface area (Å²) in [6, 6.07) is 7.70. The Bertz CT molecular complexity index is 423. The highest BCUT2D eigenvalue weighted by Gasteiger charge is 2.31. The largest absolute Gasteiger partial charge is 0.399 e. The maximum absolute atomic E-state index is 12.4. The lowest BCUT2D eigenvalue weighted by atomic mass is 9.83. The topological polar surface area (TPSA) is 55.1 Å². The molecule has 0 aromatic heterocycles. The fraction of sp³-hybridized carbons (Fsp3) is 0.562. The van der Waals surface area contributed by atoms with Gasteiger partial charge in [-0.3, -0.25) is 4.79 Å². The van der Waals surface area contributed by atoms with Crippen molar-refractivity contribution in [2.75, 3.05) is 5.73 Å². The number of carbonyl (C=O) groups is 1. The van der Waals surface area contributed by atoms with Crippen LogP contribution in [0, 0.1) is 5.92 Å². The van der Waals surface area contributed by atoms with Gasteiger partial charge in [-0.05, 0) is 44.4 Å². The number of nitrogen functional groups attached to an aromatic ring is 1. The predicted molar refractivity (Wildman–Crippen MR) is 80.9 cm³/mol. The van der Waals surface area contributed by atoms with E-state index in [1.807, 2.05) is 38.1 Å². The van der Waals surface area contributed by atoms with Crippen LogP contribution in [-0.4, -0.2) is 11.9 Å². The van der Waals surface area contributed by atoms with Gasteiger partial charge in [0.05, 0.1) is 5.41 Å². The maximum atomic E-state index is 12.4. The molecule has 1 amide bonds. The van der Waals surface area contributed by atoms with Crippen molar-refractivity contribution in [1.29, 1.82) is 0 Å². The SMILES string of the molecule is CCC(C)C(C)NC(=O)C(C)(C)c1ccc(N)cc1. The summed E-state index contributed by atoms with van der Waals surface area (Å²) in [5.74, 6) is 0.538. The number of hydrogen-bond acceptors (Lipinski definition) is 2. The van der Waals surface area contributed by atoms with Crippen LogP contribution in [0.15, 0.2) is 24.3 Å². The second kappa shape index (κ2) is 6.09. The van der Waals surface area contributed by atoms with Crippen LogP contribution in [0.25, 0.3) is 0 Å². The summed E-state index contributed by atoms with van der Waals surface area (Å²) in [4.78, 5) is 12.4. The van der Waals surface area contributed by atoms with E-state index in [-0.39, 0.29) is 11.9 Å². The normalized spacial score (nSPS) is 14.8. The van der Waals surface area contributed by atoms with Gasteiger partial charge in [0.1, 0.15) is 0 Å². The molecule has 106 valence electrons. The standard InChI is InChI=1S/C16H26N2O/c1-6-11(2)12(3)18-15(19)16(4,5)13-7-9-14(17)10-8-13/h7-12H,6,17H2,1-5H3,(H,18,19). The number of nitrogens with one attached hydrogen (secondary N) is 1. The lowest BCUT2D eigenvalue weighted by molar-refractivity contribution is -0.126. The molecule has 0 aliphatic rings. The first-order valence-electron chi connectivity index (χ1n) is 6.96. The van der Waals surface area contributed by atoms with Crippen LogP contribution in [0.4, 0.5) is 5.69 Å². The predicted octanol–water partition coefficient (Wildman–Crippen LogP) is 3.10. The lowest BCUT2D eigenvalue weighted by Gasteiger charge is -2.28. The molecule has 3 nitrogen and oxygen atoms in total. The van der Waals surface area contributed by atoms with E-state index in [4.69, 9.17) is 5.73 Å². The van der Waals surface area contributed by atoms with Crippen LogP contribution in [0.2, 0.25) is 0 Å². The van der Waals surface area contributed by atoms with Crippen molar-refractivity contribution in [3.63, 3.8) is 0 Å². The average molecular weight is 262 g/mol. The smallest absolute Gasteiger partial charge is 0.230 e. The molecule has 0 saturated heterocycles. The number of anilines is 1. The third-order valence-electron chi connectivity index (χ3n) is 4.06. The monoisotopic (exact) mass is 262 g/mol. The van der Waals surface area contributed by atoms with Gasteiger partial charge in [0.25, 0.3) is 0 Å². The zero-order valence-electron chi connectivity index (χ0n) is 12.7. The van der Waals surface area contributed by atoms with Crippen LogP contribution in [-0.2, 0) is 10.2 Å². The van der Waals surface area contributed by atoms with E-state index < -0.39 is 5.41 Å². The average Bonchev–Trinajstić information content (AvgIpc) is 2.38. The number of carbonyl (C=O) groups excluding carboxylic acids is 1. The van der Waals surface area contributed by atoms with Gasteiger partial charge in [-0.25, -0.2) is 0 Å². The zero-order chi connectivity index (χ0) is 14.6. The fourth-order valence-electron chi connectivity index (χ4n) is 1.91. The Labute approximate surface area is 116 Å². The Morgan fingerprint density at radius 2 is 1.79 bits per heavy atom. The Morgan fingerprint density at radius 3 is 2.26 bits per heavy atom. The van der Waals surface area contributed by atoms with Gasteiger partial charge in [0.2, 0.25) is 5.91 Å². The van der Waals surface area contributed by atoms with Crippen LogP contribution in [0.5, 0.6) is 0 Å². The van der Waals surface area contributed by atoms with Gasteiger partial charge >= 0.3 is 0 Å². The van der Waals surface area contributed by atoms with Crippen LogP contribution >= 0.6 is 0 Å². The fourth-order valence-corrected chi connectivity index (χ4v) is 1.91. The summed E-state index contributed by atoms with van der Waals surface area (Å²) in [5, 5.41) is 3.11. The highest BCUT2D eigenvalue weighted by Crippen LogP contribution is 2.25. The number of nitrogens with two attached hydrogens (primary N) is 1. The highest BCUT2D eigenvalue weighted by atomic mass is 16.2. The summed E-state index contributed by atoms with van der Waals surface area (Å²) in [7, 11) is 0. The summed E-state index contributed by atoms with van der Waals surface area (Å²) >= 11 is 0. The van der Waals surface area contributed by atoms with E-state index in [2.05, 4.69) is 26.1 Å². The molecule has 1 aromatic rings. The zero-order valence-corrected chi connectivity index (χ0v) is 12.7. The van der Waals surface area contributed by atoms with Crippen molar-refractivity contribution < 1.29 is 4.79 Å². The van der Waals surface area contributed by atoms with E-state index in [9.17, 15) is 4.79 Å². The number of hydrogen-bond donors (Lipinski definition) is 2. The molecule has 0 heterocycles. The van der Waals surface area contributed by atoms with Crippen molar-refractivity contribution >= 4 is 11.6 Å². The molecule has 2 unspecified atom stereocenters. The summed E-state index contributed by atoms with van der Waals surface area (Å²) in [6.07, 6.45) is 1.06. The minimum absolute atomic E-state index is 0.0603. The van der Waals surface area contributed by atoms with Crippen molar-refractivity contribution in [3.8, 4) is 0 Å². The maximum Gasteiger partial charge on any atom is 0.230 e. The summed E-state index contributed by atoms with van der Waals surface area (Å²) < 4.78 is 0. The van der Waals surface area contributed by atoms with Crippen LogP contribution in [0.3, 0.4) is 0 Å². The first-order chi connectivity index (χ1) is 8.78. The molecule has 0 aliphatic carbocycles. The van der Waals surface area contributed by atoms with Gasteiger partial charge in [0.15, 0.2) is 0 Å². The highest BCUT2D eigenvalue weighted by molar-refractivity contribution is 5.87. The summed E-state index contributed by atoms with van der Waals surface area (Å²) in [6.45, 7) is 10.2. The van der Waals surface area contributed by atoms with E-state index in [0.717, 1.165) is 12.0 Å². The van der Waals surface area contributed by atoms with Gasteiger partial charge in [-0.1, -0.05) is 32.4 Å². The molecule has 19 heavy (non-hydrogen) atoms. The molecule has 0 radical (unpaired) electrons. The molecule has 0 aliphatic heterocycles. The number of amides is 1. The molecule has 0 saturated carbocycles. The van der Waals surface area contributed by atoms with Crippen molar-refractivity contribution in [1.82, 2.24) is 5.32 Å². The second-order valence-electron chi connectivity index (χ2n) is 5.89. The van der Waals surface area contributed by atoms with Crippen molar-refractivity contribution in [2.45, 2.75) is 52.5 Å². The van der Waals surface area contributed by atoms with E-state index in [1.165, 1.54) is 0 Å². The van der Waals surface area contributed by atoms with Crippen LogP contribution in [0.1, 0.15) is 46.6 Å². The number of benzene rings is 1. The van der Waals surface area contributed by atoms with Gasteiger partial charge in [0, 0.05) is 11.7 Å². The Kier molecular flexibility index (Phi) is 4.98. The van der Waals surface area contributed by atoms with Gasteiger partial charge < -0.3 is 11.1 Å². The molecule has 3 heteroatoms. The molecule has 3 N–H and O–H groups in total. The molecular formula is C16H26N2O. The Hall–Kier alpha value is -1.51. The Morgan fingerprint density at radius 1 is 1.26 bits per heavy atom. The Balaban J connectivity index is 2.82. The van der Waals surface area contributed by atoms with Crippen LogP contribution < -0.4 is 11.1 Å². The first-order valence-corrected chi connectivity index (χ1v) is 6.96. The third-order valence-corrected chi connectivity index (χ3v) is 4.06. The summed E-state index contributed by atoms with van der Waals surface area (Å²) in [5.41, 5.74) is 6.84. The quantitative estimate of drug-likeness (QED) is 0.801. The second-order valence-corrected chi connectivity index (χ2v) is 5.89. The minimum Gasteiger partial charge on any atom is -0.399 e. The molecule has 0 spiro atoms. The molecule has 0 fully saturated rings. The molecule has 2 atom stereocenters. The van der Waals surface area contributed by atoms with E-state index in [0.29, 0.717) is 11.6 Å². The van der Waals surface area contributed by atoms with E-state index >= 15 is 0 Å². The first kappa shape index (κ1) is 15.5. The molecule has 1 aromatic carbocycles. The number of rotatable bonds is 5. The molecule has 1 rings (SSSR count). The third kappa shape index (κ3) is 3.72. The van der Waals surface area contributed by atoms with Gasteiger partial charge in [-0.2, -0.15) is 0 Å². The molecule has 0 bridgehead atoms. The van der Waals surface area contributed by atoms with Crippen molar-refractivity contribution in [3.05, 3.63) is 29.8 Å². The minimum atomic E-state index is -0.546. The molecular weight excluding hydrogens is 236 g/mol. The van der Waals surface area contributed by atoms with E-state index in [1.54, 1.807) is 0 Å². The van der Waals surface area contributed by atoms with Crippen molar-refractivity contribution in [2.24, 2.45) is 5.92 Å². The van der Waals surface area contributed by atoms with Gasteiger partial charge in [-0.15, -0.1) is 0 Å². The lowest BCUT2D eigenvalue weighted by Crippen LogP contribution is -2.46.